The van der Waals surface area contributed by atoms with E-state index in [1.165, 1.54) is 69.5 Å². The fraction of sp³-hybridized carbons (Fsp3) is 0.739. The van der Waals surface area contributed by atoms with E-state index < -0.39 is 0 Å². The van der Waals surface area contributed by atoms with E-state index in [1.54, 1.807) is 0 Å². The Labute approximate surface area is 172 Å². The van der Waals surface area contributed by atoms with Gasteiger partial charge < -0.3 is 15.1 Å². The number of benzene rings is 1. The summed E-state index contributed by atoms with van der Waals surface area (Å²) >= 11 is 0. The van der Waals surface area contributed by atoms with Crippen LogP contribution in [-0.2, 0) is 13.1 Å². The van der Waals surface area contributed by atoms with Crippen molar-refractivity contribution in [1.29, 1.82) is 0 Å². The average Bonchev–Trinajstić information content (AvgIpc) is 2.70. The van der Waals surface area contributed by atoms with Crippen molar-refractivity contribution < 1.29 is 0 Å². The summed E-state index contributed by atoms with van der Waals surface area (Å²) < 4.78 is 0. The molecule has 28 heavy (non-hydrogen) atoms. The molecule has 2 aliphatic heterocycles. The number of likely N-dealkylation sites (N-methyl/N-ethyl adjacent to an activating group) is 1. The standard InChI is InChI=1S/C23H41N5/c1-20-6-4-7-21(2)28(20)25-19-23-10-8-22(9-11-23)18-24-12-5-13-27-16-14-26(3)15-17-27/h8-11,20-21,24-25H,4-7,12-19H2,1-3H3. The fourth-order valence-electron chi connectivity index (χ4n) is 4.42. The maximum atomic E-state index is 3.66. The molecule has 2 fully saturated rings. The Morgan fingerprint density at radius 1 is 0.893 bits per heavy atom. The fourth-order valence-corrected chi connectivity index (χ4v) is 4.42. The third-order valence-corrected chi connectivity index (χ3v) is 6.44. The summed E-state index contributed by atoms with van der Waals surface area (Å²) in [5.41, 5.74) is 6.40. The topological polar surface area (TPSA) is 33.8 Å². The van der Waals surface area contributed by atoms with Crippen LogP contribution in [0.5, 0.6) is 0 Å². The van der Waals surface area contributed by atoms with Gasteiger partial charge in [-0.05, 0) is 64.4 Å². The monoisotopic (exact) mass is 387 g/mol. The van der Waals surface area contributed by atoms with Gasteiger partial charge in [0.25, 0.3) is 0 Å². The number of piperazine rings is 1. The molecule has 5 heteroatoms. The van der Waals surface area contributed by atoms with Crippen LogP contribution in [0.1, 0.15) is 50.7 Å². The maximum Gasteiger partial charge on any atom is 0.0353 e. The molecule has 0 bridgehead atoms. The molecule has 1 aromatic rings. The number of nitrogens with one attached hydrogen (secondary N) is 2. The smallest absolute Gasteiger partial charge is 0.0353 e. The van der Waals surface area contributed by atoms with Crippen molar-refractivity contribution in [2.45, 2.75) is 64.7 Å². The summed E-state index contributed by atoms with van der Waals surface area (Å²) in [7, 11) is 2.22. The highest BCUT2D eigenvalue weighted by Gasteiger charge is 2.24. The van der Waals surface area contributed by atoms with Gasteiger partial charge in [-0.2, -0.15) is 0 Å². The molecular formula is C23H41N5. The van der Waals surface area contributed by atoms with E-state index in [9.17, 15) is 0 Å². The second-order valence-electron chi connectivity index (χ2n) is 8.86. The maximum absolute atomic E-state index is 3.66. The molecule has 158 valence electrons. The van der Waals surface area contributed by atoms with Crippen LogP contribution in [0.2, 0.25) is 0 Å². The molecule has 2 aliphatic rings. The first-order valence-corrected chi connectivity index (χ1v) is 11.3. The summed E-state index contributed by atoms with van der Waals surface area (Å²) in [5.74, 6) is 0. The highest BCUT2D eigenvalue weighted by molar-refractivity contribution is 5.22. The van der Waals surface area contributed by atoms with E-state index in [4.69, 9.17) is 0 Å². The lowest BCUT2D eigenvalue weighted by Gasteiger charge is -2.39. The molecule has 5 nitrogen and oxygen atoms in total. The number of hydrogen-bond donors (Lipinski definition) is 2. The van der Waals surface area contributed by atoms with Crippen LogP contribution in [0.4, 0.5) is 0 Å². The van der Waals surface area contributed by atoms with Crippen LogP contribution in [-0.4, -0.2) is 73.2 Å². The Morgan fingerprint density at radius 2 is 1.50 bits per heavy atom. The van der Waals surface area contributed by atoms with Crippen molar-refractivity contribution in [3.8, 4) is 0 Å². The molecule has 2 unspecified atom stereocenters. The van der Waals surface area contributed by atoms with Crippen LogP contribution in [0.3, 0.4) is 0 Å². The van der Waals surface area contributed by atoms with Gasteiger partial charge in [-0.1, -0.05) is 30.7 Å². The van der Waals surface area contributed by atoms with Gasteiger partial charge in [0.05, 0.1) is 0 Å². The number of piperidine rings is 1. The Hall–Kier alpha value is -0.980. The van der Waals surface area contributed by atoms with Crippen molar-refractivity contribution in [2.75, 3.05) is 46.3 Å². The van der Waals surface area contributed by atoms with Crippen molar-refractivity contribution in [3.63, 3.8) is 0 Å². The lowest BCUT2D eigenvalue weighted by Crippen LogP contribution is -2.51. The Bertz CT molecular complexity index is 543. The lowest BCUT2D eigenvalue weighted by atomic mass is 10.00. The normalized spacial score (nSPS) is 25.2. The molecule has 0 spiro atoms. The van der Waals surface area contributed by atoms with Gasteiger partial charge >= 0.3 is 0 Å². The average molecular weight is 388 g/mol. The molecule has 0 amide bonds. The summed E-state index contributed by atoms with van der Waals surface area (Å²) in [4.78, 5) is 5.01. The molecule has 0 radical (unpaired) electrons. The Balaban J connectivity index is 1.30. The largest absolute Gasteiger partial charge is 0.313 e. The SMILES string of the molecule is CC1CCCC(C)N1NCc1ccc(CNCCCN2CCN(C)CC2)cc1. The first kappa shape index (κ1) is 21.7. The van der Waals surface area contributed by atoms with Gasteiger partial charge in [0.2, 0.25) is 0 Å². The van der Waals surface area contributed by atoms with E-state index in [0.717, 1.165) is 19.6 Å². The number of rotatable bonds is 9. The molecule has 0 aliphatic carbocycles. The van der Waals surface area contributed by atoms with Gasteiger partial charge in [-0.3, -0.25) is 5.43 Å². The molecule has 3 rings (SSSR count). The summed E-state index contributed by atoms with van der Waals surface area (Å²) in [6.07, 6.45) is 5.20. The van der Waals surface area contributed by atoms with E-state index in [1.807, 2.05) is 0 Å². The highest BCUT2D eigenvalue weighted by Crippen LogP contribution is 2.20. The third kappa shape index (κ3) is 6.82. The van der Waals surface area contributed by atoms with Crippen molar-refractivity contribution in [3.05, 3.63) is 35.4 Å². The zero-order chi connectivity index (χ0) is 19.8. The summed E-state index contributed by atoms with van der Waals surface area (Å²) in [5, 5.41) is 6.06. The van der Waals surface area contributed by atoms with Gasteiger partial charge in [-0.15, -0.1) is 0 Å². The van der Waals surface area contributed by atoms with Crippen LogP contribution in [0.15, 0.2) is 24.3 Å². The predicted molar refractivity (Wildman–Crippen MR) is 118 cm³/mol. The first-order valence-electron chi connectivity index (χ1n) is 11.3. The molecule has 0 saturated carbocycles. The number of hydrogen-bond acceptors (Lipinski definition) is 5. The lowest BCUT2D eigenvalue weighted by molar-refractivity contribution is 0.0435. The third-order valence-electron chi connectivity index (χ3n) is 6.44. The summed E-state index contributed by atoms with van der Waals surface area (Å²) in [6.45, 7) is 13.8. The molecular weight excluding hydrogens is 346 g/mol. The van der Waals surface area contributed by atoms with Crippen LogP contribution in [0, 0.1) is 0 Å². The van der Waals surface area contributed by atoms with Gasteiger partial charge in [-0.25, -0.2) is 5.01 Å². The Morgan fingerprint density at radius 3 is 2.14 bits per heavy atom. The van der Waals surface area contributed by atoms with Gasteiger partial charge in [0, 0.05) is 51.4 Å². The van der Waals surface area contributed by atoms with E-state index >= 15 is 0 Å². The van der Waals surface area contributed by atoms with Crippen molar-refractivity contribution in [2.24, 2.45) is 0 Å². The molecule has 2 heterocycles. The number of hydrazine groups is 1. The molecule has 2 atom stereocenters. The van der Waals surface area contributed by atoms with Crippen molar-refractivity contribution in [1.82, 2.24) is 25.6 Å². The first-order chi connectivity index (χ1) is 13.6. The van der Waals surface area contributed by atoms with Crippen LogP contribution < -0.4 is 10.7 Å². The second kappa shape index (κ2) is 11.3. The zero-order valence-electron chi connectivity index (χ0n) is 18.3. The molecule has 1 aromatic carbocycles. The van der Waals surface area contributed by atoms with E-state index in [2.05, 4.69) is 70.7 Å². The van der Waals surface area contributed by atoms with Crippen LogP contribution in [0.25, 0.3) is 0 Å². The zero-order valence-corrected chi connectivity index (χ0v) is 18.3. The van der Waals surface area contributed by atoms with Crippen LogP contribution >= 0.6 is 0 Å². The minimum Gasteiger partial charge on any atom is -0.313 e. The van der Waals surface area contributed by atoms with Gasteiger partial charge in [0.1, 0.15) is 0 Å². The Kier molecular flexibility index (Phi) is 8.74. The predicted octanol–water partition coefficient (Wildman–Crippen LogP) is 2.68. The summed E-state index contributed by atoms with van der Waals surface area (Å²) in [6, 6.07) is 10.4. The van der Waals surface area contributed by atoms with E-state index in [-0.39, 0.29) is 0 Å². The highest BCUT2D eigenvalue weighted by atomic mass is 15.5. The minimum atomic E-state index is 0.637. The quantitative estimate of drug-likeness (QED) is 0.637. The van der Waals surface area contributed by atoms with Gasteiger partial charge in [0.15, 0.2) is 0 Å². The number of nitrogens with zero attached hydrogens (tertiary/aromatic N) is 3. The second-order valence-corrected chi connectivity index (χ2v) is 8.86. The molecule has 2 N–H and O–H groups in total. The van der Waals surface area contributed by atoms with Crippen molar-refractivity contribution >= 4 is 0 Å². The molecule has 2 saturated heterocycles. The minimum absolute atomic E-state index is 0.637. The van der Waals surface area contributed by atoms with E-state index in [0.29, 0.717) is 12.1 Å². The molecule has 0 aromatic heterocycles.